The second-order valence-electron chi connectivity index (χ2n) is 7.13. The molecule has 0 spiro atoms. The third-order valence-corrected chi connectivity index (χ3v) is 4.56. The van der Waals surface area contributed by atoms with Gasteiger partial charge in [-0.1, -0.05) is 18.2 Å². The predicted octanol–water partition coefficient (Wildman–Crippen LogP) is 4.21. The van der Waals surface area contributed by atoms with Crippen molar-refractivity contribution in [2.45, 2.75) is 32.9 Å². The Labute approximate surface area is 175 Å². The second-order valence-corrected chi connectivity index (χ2v) is 7.13. The summed E-state index contributed by atoms with van der Waals surface area (Å²) in [7, 11) is 1.63. The van der Waals surface area contributed by atoms with E-state index >= 15 is 0 Å². The van der Waals surface area contributed by atoms with Crippen LogP contribution in [0.15, 0.2) is 54.7 Å². The molecule has 0 saturated heterocycles. The largest absolute Gasteiger partial charge is 0.497 e. The molecule has 3 rings (SSSR count). The number of benzene rings is 2. The molecule has 1 N–H and O–H groups in total. The molecule has 1 atom stereocenters. The number of esters is 1. The van der Waals surface area contributed by atoms with Crippen LogP contribution < -0.4 is 10.1 Å². The molecule has 2 aromatic carbocycles. The summed E-state index contributed by atoms with van der Waals surface area (Å²) >= 11 is 0. The van der Waals surface area contributed by atoms with Crippen LogP contribution in [0.1, 0.15) is 32.4 Å². The van der Waals surface area contributed by atoms with Crippen molar-refractivity contribution in [3.63, 3.8) is 0 Å². The zero-order valence-corrected chi connectivity index (χ0v) is 17.5. The lowest BCUT2D eigenvalue weighted by atomic mass is 10.1. The first-order valence-corrected chi connectivity index (χ1v) is 9.68. The van der Waals surface area contributed by atoms with E-state index in [1.807, 2.05) is 50.2 Å². The van der Waals surface area contributed by atoms with Gasteiger partial charge in [-0.25, -0.2) is 9.48 Å². The minimum Gasteiger partial charge on any atom is -0.497 e. The van der Waals surface area contributed by atoms with Gasteiger partial charge in [-0.15, -0.1) is 0 Å². The van der Waals surface area contributed by atoms with E-state index in [1.54, 1.807) is 30.1 Å². The molecule has 30 heavy (non-hydrogen) atoms. The standard InChI is InChI=1S/C23H25N3O4/c1-15(2)26-21(11-12-24-26)25-23(28)16(3)30-22(27)10-6-17-5-7-19-14-20(29-4)9-8-18(19)13-17/h5-16H,1-4H3,(H,25,28)/b10-6+/t16-/m1/s1. The quantitative estimate of drug-likeness (QED) is 0.469. The van der Waals surface area contributed by atoms with E-state index in [1.165, 1.54) is 13.0 Å². The Morgan fingerprint density at radius 1 is 1.07 bits per heavy atom. The first kappa shape index (κ1) is 21.1. The molecule has 1 heterocycles. The topological polar surface area (TPSA) is 82.4 Å². The number of nitrogens with one attached hydrogen (secondary N) is 1. The highest BCUT2D eigenvalue weighted by Gasteiger charge is 2.18. The first-order chi connectivity index (χ1) is 14.4. The summed E-state index contributed by atoms with van der Waals surface area (Å²) in [6, 6.07) is 13.4. The lowest BCUT2D eigenvalue weighted by molar-refractivity contribution is -0.148. The third-order valence-electron chi connectivity index (χ3n) is 4.56. The average molecular weight is 407 g/mol. The summed E-state index contributed by atoms with van der Waals surface area (Å²) in [4.78, 5) is 24.5. The predicted molar refractivity (Wildman–Crippen MR) is 116 cm³/mol. The number of rotatable bonds is 7. The van der Waals surface area contributed by atoms with Crippen molar-refractivity contribution in [3.05, 3.63) is 60.3 Å². The van der Waals surface area contributed by atoms with E-state index in [0.29, 0.717) is 5.82 Å². The van der Waals surface area contributed by atoms with Crippen molar-refractivity contribution in [2.75, 3.05) is 12.4 Å². The normalized spacial score (nSPS) is 12.3. The molecule has 1 aromatic heterocycles. The fourth-order valence-corrected chi connectivity index (χ4v) is 2.96. The highest BCUT2D eigenvalue weighted by Crippen LogP contribution is 2.22. The van der Waals surface area contributed by atoms with Gasteiger partial charge < -0.3 is 14.8 Å². The van der Waals surface area contributed by atoms with Gasteiger partial charge in [0.2, 0.25) is 0 Å². The van der Waals surface area contributed by atoms with Crippen LogP contribution in [0, 0.1) is 0 Å². The second kappa shape index (κ2) is 9.26. The lowest BCUT2D eigenvalue weighted by Crippen LogP contribution is -2.30. The van der Waals surface area contributed by atoms with E-state index in [-0.39, 0.29) is 6.04 Å². The molecule has 0 bridgehead atoms. The Morgan fingerprint density at radius 2 is 1.80 bits per heavy atom. The van der Waals surface area contributed by atoms with Crippen LogP contribution in [0.2, 0.25) is 0 Å². The summed E-state index contributed by atoms with van der Waals surface area (Å²) in [5.74, 6) is 0.336. The monoisotopic (exact) mass is 407 g/mol. The van der Waals surface area contributed by atoms with Gasteiger partial charge in [-0.05, 0) is 61.4 Å². The van der Waals surface area contributed by atoms with Gasteiger partial charge in [0.25, 0.3) is 5.91 Å². The fraction of sp³-hybridized carbons (Fsp3) is 0.261. The van der Waals surface area contributed by atoms with Crippen LogP contribution >= 0.6 is 0 Å². The number of ether oxygens (including phenoxy) is 2. The van der Waals surface area contributed by atoms with Gasteiger partial charge in [0.1, 0.15) is 11.6 Å². The maximum atomic E-state index is 12.3. The summed E-state index contributed by atoms with van der Waals surface area (Å²) in [6.07, 6.45) is 3.63. The van der Waals surface area contributed by atoms with Gasteiger partial charge in [0, 0.05) is 18.2 Å². The number of carbonyl (C=O) groups is 2. The smallest absolute Gasteiger partial charge is 0.331 e. The summed E-state index contributed by atoms with van der Waals surface area (Å²) in [5.41, 5.74) is 0.850. The number of carbonyl (C=O) groups excluding carboxylic acids is 2. The van der Waals surface area contributed by atoms with Gasteiger partial charge in [0.15, 0.2) is 6.10 Å². The minimum absolute atomic E-state index is 0.0964. The van der Waals surface area contributed by atoms with E-state index in [2.05, 4.69) is 10.4 Å². The molecular formula is C23H25N3O4. The van der Waals surface area contributed by atoms with Crippen molar-refractivity contribution < 1.29 is 19.1 Å². The molecule has 0 aliphatic heterocycles. The van der Waals surface area contributed by atoms with E-state index in [4.69, 9.17) is 9.47 Å². The highest BCUT2D eigenvalue weighted by molar-refractivity contribution is 5.96. The Kier molecular flexibility index (Phi) is 6.51. The molecule has 1 amide bonds. The molecule has 7 nitrogen and oxygen atoms in total. The molecule has 0 saturated carbocycles. The van der Waals surface area contributed by atoms with Crippen LogP contribution in [-0.4, -0.2) is 34.9 Å². The highest BCUT2D eigenvalue weighted by atomic mass is 16.5. The lowest BCUT2D eigenvalue weighted by Gasteiger charge is -2.15. The fourth-order valence-electron chi connectivity index (χ4n) is 2.96. The number of fused-ring (bicyclic) bond motifs is 1. The van der Waals surface area contributed by atoms with Crippen molar-refractivity contribution in [3.8, 4) is 5.75 Å². The first-order valence-electron chi connectivity index (χ1n) is 9.68. The molecular weight excluding hydrogens is 382 g/mol. The molecule has 3 aromatic rings. The number of amides is 1. The number of methoxy groups -OCH3 is 1. The van der Waals surface area contributed by atoms with Crippen LogP contribution in [0.4, 0.5) is 5.82 Å². The Morgan fingerprint density at radius 3 is 2.53 bits per heavy atom. The maximum absolute atomic E-state index is 12.3. The number of aromatic nitrogens is 2. The van der Waals surface area contributed by atoms with Crippen LogP contribution in [0.25, 0.3) is 16.8 Å². The van der Waals surface area contributed by atoms with Gasteiger partial charge in [-0.3, -0.25) is 4.79 Å². The van der Waals surface area contributed by atoms with Crippen molar-refractivity contribution >= 4 is 34.5 Å². The molecule has 0 radical (unpaired) electrons. The zero-order chi connectivity index (χ0) is 21.7. The molecule has 0 aliphatic rings. The maximum Gasteiger partial charge on any atom is 0.331 e. The Balaban J connectivity index is 1.60. The zero-order valence-electron chi connectivity index (χ0n) is 17.5. The van der Waals surface area contributed by atoms with E-state index in [9.17, 15) is 9.59 Å². The van der Waals surface area contributed by atoms with Gasteiger partial charge in [-0.2, -0.15) is 5.10 Å². The summed E-state index contributed by atoms with van der Waals surface area (Å²) in [6.45, 7) is 5.45. The number of anilines is 1. The molecule has 0 fully saturated rings. The molecule has 0 aliphatic carbocycles. The third kappa shape index (κ3) is 5.05. The van der Waals surface area contributed by atoms with Crippen molar-refractivity contribution in [1.82, 2.24) is 9.78 Å². The average Bonchev–Trinajstić information content (AvgIpc) is 3.20. The van der Waals surface area contributed by atoms with E-state index in [0.717, 1.165) is 22.1 Å². The Bertz CT molecular complexity index is 1080. The number of hydrogen-bond acceptors (Lipinski definition) is 5. The van der Waals surface area contributed by atoms with Crippen LogP contribution in [-0.2, 0) is 14.3 Å². The minimum atomic E-state index is -0.943. The molecule has 7 heteroatoms. The summed E-state index contributed by atoms with van der Waals surface area (Å²) < 4.78 is 12.1. The van der Waals surface area contributed by atoms with Crippen LogP contribution in [0.5, 0.6) is 5.75 Å². The number of hydrogen-bond donors (Lipinski definition) is 1. The summed E-state index contributed by atoms with van der Waals surface area (Å²) in [5, 5.41) is 8.96. The van der Waals surface area contributed by atoms with Crippen molar-refractivity contribution in [2.24, 2.45) is 0 Å². The Hall–Kier alpha value is -3.61. The number of nitrogens with zero attached hydrogens (tertiary/aromatic N) is 2. The van der Waals surface area contributed by atoms with Crippen molar-refractivity contribution in [1.29, 1.82) is 0 Å². The van der Waals surface area contributed by atoms with E-state index < -0.39 is 18.0 Å². The molecule has 156 valence electrons. The van der Waals surface area contributed by atoms with Gasteiger partial charge in [0.05, 0.1) is 13.3 Å². The molecule has 0 unspecified atom stereocenters. The van der Waals surface area contributed by atoms with Gasteiger partial charge >= 0.3 is 5.97 Å². The van der Waals surface area contributed by atoms with Crippen LogP contribution in [0.3, 0.4) is 0 Å². The SMILES string of the molecule is COc1ccc2cc(/C=C/C(=O)O[C@H](C)C(=O)Nc3ccnn3C(C)C)ccc2c1.